The number of nitrogens with zero attached hydrogens (tertiary/aromatic N) is 2. The van der Waals surface area contributed by atoms with Gasteiger partial charge in [0, 0.05) is 32.7 Å². The Morgan fingerprint density at radius 1 is 1.22 bits per heavy atom. The van der Waals surface area contributed by atoms with Crippen molar-refractivity contribution in [3.63, 3.8) is 0 Å². The summed E-state index contributed by atoms with van der Waals surface area (Å²) in [6, 6.07) is 4.99. The van der Waals surface area contributed by atoms with Gasteiger partial charge in [0.25, 0.3) is 5.91 Å². The van der Waals surface area contributed by atoms with Crippen molar-refractivity contribution in [2.75, 3.05) is 33.2 Å². The van der Waals surface area contributed by atoms with Crippen LogP contribution < -0.4 is 14.8 Å². The number of aromatic nitrogens is 2. The summed E-state index contributed by atoms with van der Waals surface area (Å²) in [6.45, 7) is 4.87. The number of amides is 1. The zero-order valence-corrected chi connectivity index (χ0v) is 18.4. The van der Waals surface area contributed by atoms with Crippen LogP contribution in [0, 0.1) is 0 Å². The number of esters is 1. The lowest BCUT2D eigenvalue weighted by Crippen LogP contribution is -2.26. The molecule has 1 amide bonds. The molecule has 3 heterocycles. The van der Waals surface area contributed by atoms with Crippen molar-refractivity contribution in [3.8, 4) is 11.5 Å². The van der Waals surface area contributed by atoms with Gasteiger partial charge in [0.2, 0.25) is 6.79 Å². The number of benzene rings is 1. The second kappa shape index (κ2) is 10.5. The molecular weight excluding hydrogens is 414 g/mol. The SMILES string of the molecule is CCc1nn(CCCOC(=O)c2ccc3c(c2)OCO3)c2c1C(=O)NCCCOCCC2. The highest BCUT2D eigenvalue weighted by atomic mass is 16.7. The van der Waals surface area contributed by atoms with E-state index in [0.717, 1.165) is 24.2 Å². The van der Waals surface area contributed by atoms with Crippen LogP contribution in [0.4, 0.5) is 0 Å². The van der Waals surface area contributed by atoms with Crippen molar-refractivity contribution in [3.05, 3.63) is 40.7 Å². The van der Waals surface area contributed by atoms with Gasteiger partial charge >= 0.3 is 5.97 Å². The molecule has 0 aliphatic carbocycles. The fourth-order valence-electron chi connectivity index (χ4n) is 3.89. The molecule has 0 unspecified atom stereocenters. The van der Waals surface area contributed by atoms with E-state index in [2.05, 4.69) is 10.4 Å². The van der Waals surface area contributed by atoms with Crippen molar-refractivity contribution in [1.82, 2.24) is 15.1 Å². The number of carbonyl (C=O) groups excluding carboxylic acids is 2. The molecule has 1 aromatic carbocycles. The van der Waals surface area contributed by atoms with Crippen molar-refractivity contribution < 1.29 is 28.5 Å². The molecule has 0 saturated carbocycles. The fourth-order valence-corrected chi connectivity index (χ4v) is 3.89. The van der Waals surface area contributed by atoms with E-state index < -0.39 is 5.97 Å². The van der Waals surface area contributed by atoms with E-state index in [-0.39, 0.29) is 19.3 Å². The quantitative estimate of drug-likeness (QED) is 0.541. The van der Waals surface area contributed by atoms with E-state index in [0.29, 0.717) is 68.2 Å². The second-order valence-electron chi connectivity index (χ2n) is 7.73. The summed E-state index contributed by atoms with van der Waals surface area (Å²) in [5, 5.41) is 7.67. The minimum atomic E-state index is -0.408. The van der Waals surface area contributed by atoms with Crippen LogP contribution in [0.25, 0.3) is 0 Å². The molecule has 172 valence electrons. The number of carbonyl (C=O) groups is 2. The van der Waals surface area contributed by atoms with Gasteiger partial charge < -0.3 is 24.3 Å². The molecule has 9 heteroatoms. The van der Waals surface area contributed by atoms with Crippen molar-refractivity contribution in [2.24, 2.45) is 0 Å². The van der Waals surface area contributed by atoms with Crippen LogP contribution in [-0.4, -0.2) is 54.8 Å². The summed E-state index contributed by atoms with van der Waals surface area (Å²) >= 11 is 0. The Morgan fingerprint density at radius 3 is 2.94 bits per heavy atom. The van der Waals surface area contributed by atoms with Gasteiger partial charge in [0.05, 0.1) is 29.1 Å². The van der Waals surface area contributed by atoms with Crippen LogP contribution in [-0.2, 0) is 28.9 Å². The van der Waals surface area contributed by atoms with Crippen LogP contribution in [0.15, 0.2) is 18.2 Å². The van der Waals surface area contributed by atoms with Gasteiger partial charge in [-0.3, -0.25) is 9.48 Å². The van der Waals surface area contributed by atoms with Gasteiger partial charge in [0.15, 0.2) is 11.5 Å². The summed E-state index contributed by atoms with van der Waals surface area (Å²) < 4.78 is 23.5. The average Bonchev–Trinajstić information content (AvgIpc) is 3.40. The Kier molecular flexibility index (Phi) is 7.26. The minimum Gasteiger partial charge on any atom is -0.462 e. The molecule has 0 spiro atoms. The lowest BCUT2D eigenvalue weighted by Gasteiger charge is -2.10. The first-order valence-electron chi connectivity index (χ1n) is 11.2. The average molecular weight is 444 g/mol. The molecule has 0 bridgehead atoms. The Labute approximate surface area is 187 Å². The van der Waals surface area contributed by atoms with Gasteiger partial charge in [-0.15, -0.1) is 0 Å². The predicted molar refractivity (Wildman–Crippen MR) is 115 cm³/mol. The maximum absolute atomic E-state index is 12.8. The van der Waals surface area contributed by atoms with Gasteiger partial charge in [0.1, 0.15) is 0 Å². The van der Waals surface area contributed by atoms with Gasteiger partial charge in [-0.25, -0.2) is 4.79 Å². The number of fused-ring (bicyclic) bond motifs is 2. The topological polar surface area (TPSA) is 101 Å². The number of hydrogen-bond acceptors (Lipinski definition) is 7. The van der Waals surface area contributed by atoms with Gasteiger partial charge in [-0.2, -0.15) is 5.10 Å². The van der Waals surface area contributed by atoms with E-state index in [4.69, 9.17) is 18.9 Å². The fraction of sp³-hybridized carbons (Fsp3) is 0.522. The maximum Gasteiger partial charge on any atom is 0.338 e. The molecule has 1 N–H and O–H groups in total. The summed E-state index contributed by atoms with van der Waals surface area (Å²) in [5.74, 6) is 0.694. The Balaban J connectivity index is 1.38. The molecule has 0 fully saturated rings. The first kappa shape index (κ1) is 22.1. The van der Waals surface area contributed by atoms with Crippen LogP contribution in [0.3, 0.4) is 0 Å². The number of hydrogen-bond donors (Lipinski definition) is 1. The Bertz CT molecular complexity index is 971. The van der Waals surface area contributed by atoms with E-state index in [1.54, 1.807) is 18.2 Å². The van der Waals surface area contributed by atoms with E-state index >= 15 is 0 Å². The van der Waals surface area contributed by atoms with E-state index in [1.807, 2.05) is 11.6 Å². The third-order valence-electron chi connectivity index (χ3n) is 5.50. The minimum absolute atomic E-state index is 0.0702. The van der Waals surface area contributed by atoms with Crippen LogP contribution in [0.5, 0.6) is 11.5 Å². The molecule has 0 atom stereocenters. The normalized spacial score (nSPS) is 16.1. The zero-order valence-electron chi connectivity index (χ0n) is 18.4. The molecule has 0 radical (unpaired) electrons. The highest BCUT2D eigenvalue weighted by Gasteiger charge is 2.23. The predicted octanol–water partition coefficient (Wildman–Crippen LogP) is 2.50. The summed E-state index contributed by atoms with van der Waals surface area (Å²) in [4.78, 5) is 25.2. The highest BCUT2D eigenvalue weighted by molar-refractivity contribution is 5.96. The van der Waals surface area contributed by atoms with Crippen LogP contribution in [0.1, 0.15) is 58.3 Å². The largest absolute Gasteiger partial charge is 0.462 e. The molecule has 2 aromatic rings. The molecule has 2 aliphatic rings. The van der Waals surface area contributed by atoms with Crippen LogP contribution >= 0.6 is 0 Å². The summed E-state index contributed by atoms with van der Waals surface area (Å²) in [7, 11) is 0. The van der Waals surface area contributed by atoms with E-state index in [1.165, 1.54) is 0 Å². The highest BCUT2D eigenvalue weighted by Crippen LogP contribution is 2.32. The molecule has 9 nitrogen and oxygen atoms in total. The Hall–Kier alpha value is -3.07. The Morgan fingerprint density at radius 2 is 2.06 bits per heavy atom. The van der Waals surface area contributed by atoms with E-state index in [9.17, 15) is 9.59 Å². The molecule has 32 heavy (non-hydrogen) atoms. The van der Waals surface area contributed by atoms with Gasteiger partial charge in [-0.1, -0.05) is 6.92 Å². The smallest absolute Gasteiger partial charge is 0.338 e. The zero-order chi connectivity index (χ0) is 22.3. The first-order chi connectivity index (χ1) is 15.7. The van der Waals surface area contributed by atoms with Gasteiger partial charge in [-0.05, 0) is 43.9 Å². The number of ether oxygens (including phenoxy) is 4. The lowest BCUT2D eigenvalue weighted by molar-refractivity contribution is 0.0494. The van der Waals surface area contributed by atoms with Crippen molar-refractivity contribution in [2.45, 2.75) is 45.6 Å². The second-order valence-corrected chi connectivity index (χ2v) is 7.73. The van der Waals surface area contributed by atoms with Crippen molar-refractivity contribution >= 4 is 11.9 Å². The molecule has 0 saturated heterocycles. The first-order valence-corrected chi connectivity index (χ1v) is 11.2. The monoisotopic (exact) mass is 443 g/mol. The summed E-state index contributed by atoms with van der Waals surface area (Å²) in [5.41, 5.74) is 2.83. The summed E-state index contributed by atoms with van der Waals surface area (Å²) in [6.07, 6.45) is 3.61. The maximum atomic E-state index is 12.8. The third-order valence-corrected chi connectivity index (χ3v) is 5.50. The molecule has 2 aliphatic heterocycles. The van der Waals surface area contributed by atoms with Crippen molar-refractivity contribution in [1.29, 1.82) is 0 Å². The van der Waals surface area contributed by atoms with Crippen LogP contribution in [0.2, 0.25) is 0 Å². The molecule has 4 rings (SSSR count). The third kappa shape index (κ3) is 5.04. The number of aryl methyl sites for hydroxylation is 2. The molecule has 1 aromatic heterocycles. The standard InChI is InChI=1S/C23H29N3O6/c1-2-17-21-18(6-3-11-29-12-4-9-24-22(21)27)26(25-17)10-5-13-30-23(28)16-7-8-19-20(14-16)32-15-31-19/h7-8,14H,2-6,9-13,15H2,1H3,(H,24,27). The lowest BCUT2D eigenvalue weighted by atomic mass is 10.1. The number of nitrogens with one attached hydrogen (secondary N) is 1. The molecular formula is C23H29N3O6. The number of rotatable bonds is 6.